The van der Waals surface area contributed by atoms with Gasteiger partial charge in [-0.3, -0.25) is 0 Å². The molecule has 0 atom stereocenters. The highest BCUT2D eigenvalue weighted by Crippen LogP contribution is 2.36. The van der Waals surface area contributed by atoms with Crippen LogP contribution in [0.2, 0.25) is 0 Å². The molecular formula is C26H24NP. The highest BCUT2D eigenvalue weighted by atomic mass is 31.1. The van der Waals surface area contributed by atoms with Crippen LogP contribution in [0.25, 0.3) is 0 Å². The van der Waals surface area contributed by atoms with Gasteiger partial charge in [-0.15, -0.1) is 0 Å². The van der Waals surface area contributed by atoms with Crippen molar-refractivity contribution in [2.45, 2.75) is 13.5 Å². The van der Waals surface area contributed by atoms with Crippen molar-refractivity contribution in [2.75, 3.05) is 5.32 Å². The lowest BCUT2D eigenvalue weighted by Crippen LogP contribution is -2.23. The van der Waals surface area contributed by atoms with Gasteiger partial charge in [-0.25, -0.2) is 0 Å². The van der Waals surface area contributed by atoms with E-state index in [9.17, 15) is 0 Å². The van der Waals surface area contributed by atoms with Crippen LogP contribution >= 0.6 is 7.92 Å². The summed E-state index contributed by atoms with van der Waals surface area (Å²) < 4.78 is 0. The maximum Gasteiger partial charge on any atom is 0.0430 e. The lowest BCUT2D eigenvalue weighted by atomic mass is 10.2. The normalized spacial score (nSPS) is 10.8. The molecule has 4 aromatic rings. The van der Waals surface area contributed by atoms with E-state index in [-0.39, 0.29) is 0 Å². The SMILES string of the molecule is Cc1ccc(P(c2ccccc2)c2ccccc2)c(NCc2ccccc2)c1. The second kappa shape index (κ2) is 8.87. The van der Waals surface area contributed by atoms with Crippen LogP contribution in [0.5, 0.6) is 0 Å². The second-order valence-corrected chi connectivity index (χ2v) is 9.05. The first-order chi connectivity index (χ1) is 13.8. The van der Waals surface area contributed by atoms with Crippen LogP contribution in [0.3, 0.4) is 0 Å². The van der Waals surface area contributed by atoms with E-state index in [4.69, 9.17) is 0 Å². The number of anilines is 1. The van der Waals surface area contributed by atoms with Crippen LogP contribution < -0.4 is 21.2 Å². The van der Waals surface area contributed by atoms with Crippen molar-refractivity contribution < 1.29 is 0 Å². The lowest BCUT2D eigenvalue weighted by Gasteiger charge is -2.23. The largest absolute Gasteiger partial charge is 0.380 e. The molecule has 2 heteroatoms. The van der Waals surface area contributed by atoms with E-state index < -0.39 is 7.92 Å². The zero-order valence-electron chi connectivity index (χ0n) is 16.0. The Kier molecular flexibility index (Phi) is 5.85. The van der Waals surface area contributed by atoms with Gasteiger partial charge in [0.25, 0.3) is 0 Å². The molecule has 0 radical (unpaired) electrons. The average Bonchev–Trinajstić information content (AvgIpc) is 2.76. The van der Waals surface area contributed by atoms with Gasteiger partial charge in [-0.2, -0.15) is 0 Å². The molecule has 28 heavy (non-hydrogen) atoms. The van der Waals surface area contributed by atoms with Gasteiger partial charge >= 0.3 is 0 Å². The van der Waals surface area contributed by atoms with Gasteiger partial charge in [-0.1, -0.05) is 103 Å². The minimum Gasteiger partial charge on any atom is -0.380 e. The summed E-state index contributed by atoms with van der Waals surface area (Å²) in [7, 11) is -0.622. The maximum atomic E-state index is 3.71. The van der Waals surface area contributed by atoms with Gasteiger partial charge in [0.15, 0.2) is 0 Å². The first kappa shape index (κ1) is 18.5. The van der Waals surface area contributed by atoms with Crippen LogP contribution in [-0.2, 0) is 6.54 Å². The molecular weight excluding hydrogens is 357 g/mol. The fourth-order valence-corrected chi connectivity index (χ4v) is 5.76. The van der Waals surface area contributed by atoms with Crippen molar-refractivity contribution in [1.29, 1.82) is 0 Å². The summed E-state index contributed by atoms with van der Waals surface area (Å²) in [6.07, 6.45) is 0. The molecule has 1 nitrogen and oxygen atoms in total. The highest BCUT2D eigenvalue weighted by Gasteiger charge is 2.19. The molecule has 0 aromatic heterocycles. The molecule has 0 heterocycles. The molecule has 0 aliphatic rings. The molecule has 0 saturated carbocycles. The summed E-state index contributed by atoms with van der Waals surface area (Å²) in [5.41, 5.74) is 3.79. The summed E-state index contributed by atoms with van der Waals surface area (Å²) in [6.45, 7) is 2.98. The zero-order chi connectivity index (χ0) is 19.2. The highest BCUT2D eigenvalue weighted by molar-refractivity contribution is 7.80. The Morgan fingerprint density at radius 3 is 1.75 bits per heavy atom. The molecule has 138 valence electrons. The fourth-order valence-electron chi connectivity index (χ4n) is 3.36. The van der Waals surface area contributed by atoms with Gasteiger partial charge in [0, 0.05) is 17.5 Å². The van der Waals surface area contributed by atoms with Crippen LogP contribution in [0, 0.1) is 6.92 Å². The van der Waals surface area contributed by atoms with Gasteiger partial charge in [0.2, 0.25) is 0 Å². The van der Waals surface area contributed by atoms with Crippen LogP contribution in [0.4, 0.5) is 5.69 Å². The average molecular weight is 381 g/mol. The zero-order valence-corrected chi connectivity index (χ0v) is 16.9. The third kappa shape index (κ3) is 4.32. The van der Waals surface area contributed by atoms with Crippen molar-refractivity contribution >= 4 is 29.5 Å². The van der Waals surface area contributed by atoms with Gasteiger partial charge in [0.05, 0.1) is 0 Å². The molecule has 1 N–H and O–H groups in total. The quantitative estimate of drug-likeness (QED) is 0.443. The van der Waals surface area contributed by atoms with Crippen molar-refractivity contribution in [1.82, 2.24) is 0 Å². The Bertz CT molecular complexity index is 974. The monoisotopic (exact) mass is 381 g/mol. The Labute approximate surface area is 168 Å². The maximum absolute atomic E-state index is 3.71. The number of hydrogen-bond acceptors (Lipinski definition) is 1. The van der Waals surface area contributed by atoms with Crippen LogP contribution in [0.15, 0.2) is 109 Å². The minimum atomic E-state index is -0.622. The lowest BCUT2D eigenvalue weighted by molar-refractivity contribution is 1.15. The second-order valence-electron chi connectivity index (χ2n) is 6.87. The van der Waals surface area contributed by atoms with Crippen molar-refractivity contribution in [3.05, 3.63) is 120 Å². The van der Waals surface area contributed by atoms with Gasteiger partial charge < -0.3 is 5.32 Å². The molecule has 0 saturated heterocycles. The van der Waals surface area contributed by atoms with E-state index in [1.807, 2.05) is 0 Å². The van der Waals surface area contributed by atoms with Crippen molar-refractivity contribution in [2.24, 2.45) is 0 Å². The number of aryl methyl sites for hydroxylation is 1. The summed E-state index contributed by atoms with van der Waals surface area (Å²) >= 11 is 0. The van der Waals surface area contributed by atoms with Crippen molar-refractivity contribution in [3.8, 4) is 0 Å². The Morgan fingerprint density at radius 1 is 0.643 bits per heavy atom. The number of rotatable bonds is 6. The topological polar surface area (TPSA) is 12.0 Å². The van der Waals surface area contributed by atoms with E-state index in [0.717, 1.165) is 6.54 Å². The molecule has 0 spiro atoms. The number of benzene rings is 4. The smallest absolute Gasteiger partial charge is 0.0430 e. The van der Waals surface area contributed by atoms with E-state index in [1.54, 1.807) is 0 Å². The molecule has 0 amide bonds. The predicted molar refractivity (Wildman–Crippen MR) is 124 cm³/mol. The molecule has 4 rings (SSSR count). The first-order valence-electron chi connectivity index (χ1n) is 9.60. The third-order valence-corrected chi connectivity index (χ3v) is 7.25. The predicted octanol–water partition coefficient (Wildman–Crippen LogP) is 5.37. The molecule has 0 aliphatic carbocycles. The summed E-state index contributed by atoms with van der Waals surface area (Å²) in [6, 6.07) is 39.1. The Hall–Kier alpha value is -2.89. The van der Waals surface area contributed by atoms with Gasteiger partial charge in [-0.05, 0) is 42.6 Å². The van der Waals surface area contributed by atoms with Crippen LogP contribution in [0.1, 0.15) is 11.1 Å². The molecule has 0 bridgehead atoms. The Morgan fingerprint density at radius 2 is 1.18 bits per heavy atom. The molecule has 4 aromatic carbocycles. The molecule has 0 fully saturated rings. The van der Waals surface area contributed by atoms with Crippen LogP contribution in [-0.4, -0.2) is 0 Å². The van der Waals surface area contributed by atoms with E-state index >= 15 is 0 Å². The summed E-state index contributed by atoms with van der Waals surface area (Å²) in [4.78, 5) is 0. The Balaban J connectivity index is 1.76. The van der Waals surface area contributed by atoms with E-state index in [2.05, 4.69) is 121 Å². The standard InChI is InChI=1S/C26H24NP/c1-21-17-18-26(25(19-21)27-20-22-11-5-2-6-12-22)28(23-13-7-3-8-14-23)24-15-9-4-10-16-24/h2-19,27H,20H2,1H3. The van der Waals surface area contributed by atoms with Crippen molar-refractivity contribution in [3.63, 3.8) is 0 Å². The third-order valence-electron chi connectivity index (χ3n) is 4.75. The number of hydrogen-bond donors (Lipinski definition) is 1. The number of nitrogens with one attached hydrogen (secondary N) is 1. The summed E-state index contributed by atoms with van der Waals surface area (Å²) in [5.74, 6) is 0. The first-order valence-corrected chi connectivity index (χ1v) is 10.9. The van der Waals surface area contributed by atoms with E-state index in [1.165, 1.54) is 32.7 Å². The van der Waals surface area contributed by atoms with E-state index in [0.29, 0.717) is 0 Å². The molecule has 0 aliphatic heterocycles. The summed E-state index contributed by atoms with van der Waals surface area (Å²) in [5, 5.41) is 7.82. The minimum absolute atomic E-state index is 0.622. The fraction of sp³-hybridized carbons (Fsp3) is 0.0769. The van der Waals surface area contributed by atoms with Gasteiger partial charge in [0.1, 0.15) is 0 Å². The molecule has 0 unspecified atom stereocenters.